The van der Waals surface area contributed by atoms with Crippen LogP contribution < -0.4 is 4.90 Å². The molecule has 2 fully saturated rings. The average molecular weight is 557 g/mol. The summed E-state index contributed by atoms with van der Waals surface area (Å²) in [5, 5.41) is 10.3. The molecule has 0 unspecified atom stereocenters. The van der Waals surface area contributed by atoms with Crippen molar-refractivity contribution in [3.8, 4) is 10.4 Å². The lowest BCUT2D eigenvalue weighted by Gasteiger charge is -2.38. The van der Waals surface area contributed by atoms with Gasteiger partial charge >= 0.3 is 0 Å². The molecular formula is C36H48N2OS. The first-order valence-corrected chi connectivity index (χ1v) is 16.6. The third-order valence-corrected chi connectivity index (χ3v) is 10.6. The molecule has 0 radical (unpaired) electrons. The SMILES string of the molecule is C=C(C1CCCCC1)N(CC1CCC(c2ccc(CC)c(C)c2)CC1)c1cccc(-c2cnc(CCCO)s2)c1. The minimum Gasteiger partial charge on any atom is -0.396 e. The molecule has 0 amide bonds. The normalized spacial score (nSPS) is 20.0. The third kappa shape index (κ3) is 7.06. The van der Waals surface area contributed by atoms with Crippen LogP contribution in [-0.4, -0.2) is 23.2 Å². The van der Waals surface area contributed by atoms with Crippen LogP contribution >= 0.6 is 11.3 Å². The first-order valence-electron chi connectivity index (χ1n) is 15.8. The van der Waals surface area contributed by atoms with E-state index in [2.05, 4.69) is 66.2 Å². The molecular weight excluding hydrogens is 508 g/mol. The Morgan fingerprint density at radius 1 is 1.02 bits per heavy atom. The van der Waals surface area contributed by atoms with Crippen molar-refractivity contribution in [2.75, 3.05) is 18.1 Å². The summed E-state index contributed by atoms with van der Waals surface area (Å²) < 4.78 is 0. The molecule has 1 aromatic heterocycles. The van der Waals surface area contributed by atoms with E-state index in [9.17, 15) is 5.11 Å². The lowest BCUT2D eigenvalue weighted by atomic mass is 9.77. The molecule has 0 spiro atoms. The highest BCUT2D eigenvalue weighted by Crippen LogP contribution is 2.40. The van der Waals surface area contributed by atoms with E-state index in [1.165, 1.54) is 90.7 Å². The number of nitrogens with zero attached hydrogens (tertiary/aromatic N) is 2. The van der Waals surface area contributed by atoms with Gasteiger partial charge in [0.25, 0.3) is 0 Å². The van der Waals surface area contributed by atoms with Crippen molar-refractivity contribution in [1.82, 2.24) is 4.98 Å². The van der Waals surface area contributed by atoms with Crippen molar-refractivity contribution in [2.45, 2.75) is 96.8 Å². The minimum atomic E-state index is 0.218. The molecule has 3 aromatic rings. The van der Waals surface area contributed by atoms with E-state index in [1.54, 1.807) is 16.9 Å². The second kappa shape index (κ2) is 14.0. The van der Waals surface area contributed by atoms with Gasteiger partial charge in [-0.25, -0.2) is 4.98 Å². The largest absolute Gasteiger partial charge is 0.396 e. The highest BCUT2D eigenvalue weighted by Gasteiger charge is 2.28. The maximum absolute atomic E-state index is 9.21. The van der Waals surface area contributed by atoms with Crippen LogP contribution in [0.1, 0.15) is 98.7 Å². The molecule has 1 heterocycles. The molecule has 40 heavy (non-hydrogen) atoms. The van der Waals surface area contributed by atoms with Crippen molar-refractivity contribution < 1.29 is 5.11 Å². The average Bonchev–Trinajstić information content (AvgIpc) is 3.48. The summed E-state index contributed by atoms with van der Waals surface area (Å²) in [6, 6.07) is 16.3. The maximum Gasteiger partial charge on any atom is 0.0932 e. The van der Waals surface area contributed by atoms with Gasteiger partial charge in [-0.15, -0.1) is 11.3 Å². The Labute approximate surface area is 246 Å². The molecule has 0 saturated heterocycles. The van der Waals surface area contributed by atoms with E-state index in [-0.39, 0.29) is 6.61 Å². The van der Waals surface area contributed by atoms with Crippen LogP contribution in [0.25, 0.3) is 10.4 Å². The van der Waals surface area contributed by atoms with Crippen molar-refractivity contribution in [2.24, 2.45) is 11.8 Å². The smallest absolute Gasteiger partial charge is 0.0932 e. The summed E-state index contributed by atoms with van der Waals surface area (Å²) in [7, 11) is 0. The number of aliphatic hydroxyl groups excluding tert-OH is 1. The molecule has 2 aliphatic rings. The van der Waals surface area contributed by atoms with E-state index in [0.717, 1.165) is 30.8 Å². The van der Waals surface area contributed by atoms with E-state index in [0.29, 0.717) is 17.8 Å². The number of allylic oxidation sites excluding steroid dienone is 1. The standard InChI is InChI=1S/C36H48N2OS/c1-4-29-19-20-32(22-26(29)2)31-17-15-28(16-18-31)25-38(27(3)30-10-6-5-7-11-30)34-13-8-12-33(23-34)35-24-37-36(40-35)14-9-21-39/h8,12-13,19-20,22-24,28,30-31,39H,3-7,9-11,14-18,21,25H2,1-2H3. The van der Waals surface area contributed by atoms with Gasteiger partial charge in [0, 0.05) is 37.2 Å². The van der Waals surface area contributed by atoms with Crippen molar-refractivity contribution in [1.29, 1.82) is 0 Å². The summed E-state index contributed by atoms with van der Waals surface area (Å²) in [4.78, 5) is 8.44. The van der Waals surface area contributed by atoms with Gasteiger partial charge in [-0.1, -0.05) is 63.1 Å². The summed E-state index contributed by atoms with van der Waals surface area (Å²) in [5.74, 6) is 2.00. The van der Waals surface area contributed by atoms with Gasteiger partial charge in [0.2, 0.25) is 0 Å². The predicted molar refractivity (Wildman–Crippen MR) is 171 cm³/mol. The lowest BCUT2D eigenvalue weighted by Crippen LogP contribution is -2.33. The Morgan fingerprint density at radius 3 is 2.55 bits per heavy atom. The molecule has 1 N–H and O–H groups in total. The Balaban J connectivity index is 1.32. The molecule has 3 nitrogen and oxygen atoms in total. The van der Waals surface area contributed by atoms with Crippen molar-refractivity contribution in [3.05, 3.63) is 82.6 Å². The first-order chi connectivity index (χ1) is 19.6. The van der Waals surface area contributed by atoms with Gasteiger partial charge in [0.1, 0.15) is 0 Å². The molecule has 2 aliphatic carbocycles. The van der Waals surface area contributed by atoms with Gasteiger partial charge in [-0.2, -0.15) is 0 Å². The van der Waals surface area contributed by atoms with Crippen LogP contribution in [-0.2, 0) is 12.8 Å². The number of benzene rings is 2. The zero-order valence-electron chi connectivity index (χ0n) is 24.7. The van der Waals surface area contributed by atoms with Gasteiger partial charge < -0.3 is 10.0 Å². The van der Waals surface area contributed by atoms with Gasteiger partial charge in [0.05, 0.1) is 9.88 Å². The van der Waals surface area contributed by atoms with Crippen LogP contribution in [0.4, 0.5) is 5.69 Å². The number of rotatable bonds is 11. The van der Waals surface area contributed by atoms with Crippen LogP contribution in [0, 0.1) is 18.8 Å². The summed E-state index contributed by atoms with van der Waals surface area (Å²) in [6.45, 7) is 10.6. The maximum atomic E-state index is 9.21. The van der Waals surface area contributed by atoms with E-state index < -0.39 is 0 Å². The van der Waals surface area contributed by atoms with E-state index in [1.807, 2.05) is 6.20 Å². The molecule has 2 aromatic carbocycles. The molecule has 214 valence electrons. The van der Waals surface area contributed by atoms with Gasteiger partial charge in [-0.3, -0.25) is 0 Å². The van der Waals surface area contributed by atoms with Crippen LogP contribution in [0.3, 0.4) is 0 Å². The van der Waals surface area contributed by atoms with Crippen molar-refractivity contribution in [3.63, 3.8) is 0 Å². The fourth-order valence-electron chi connectivity index (χ4n) is 6.97. The fourth-order valence-corrected chi connectivity index (χ4v) is 7.92. The number of aryl methyl sites for hydroxylation is 3. The van der Waals surface area contributed by atoms with Gasteiger partial charge in [0.15, 0.2) is 0 Å². The molecule has 4 heteroatoms. The number of anilines is 1. The topological polar surface area (TPSA) is 36.4 Å². The zero-order chi connectivity index (χ0) is 27.9. The van der Waals surface area contributed by atoms with Crippen molar-refractivity contribution >= 4 is 17.0 Å². The fraction of sp³-hybridized carbons (Fsp3) is 0.528. The Kier molecular flexibility index (Phi) is 10.1. The number of hydrogen-bond donors (Lipinski definition) is 1. The van der Waals surface area contributed by atoms with E-state index in [4.69, 9.17) is 6.58 Å². The molecule has 5 rings (SSSR count). The Morgan fingerprint density at radius 2 is 1.82 bits per heavy atom. The number of aliphatic hydroxyl groups is 1. The summed E-state index contributed by atoms with van der Waals surface area (Å²) in [5.41, 5.74) is 8.34. The van der Waals surface area contributed by atoms with Crippen LogP contribution in [0.5, 0.6) is 0 Å². The predicted octanol–water partition coefficient (Wildman–Crippen LogP) is 9.48. The molecule has 0 atom stereocenters. The van der Waals surface area contributed by atoms with E-state index >= 15 is 0 Å². The van der Waals surface area contributed by atoms with Crippen LogP contribution in [0.15, 0.2) is 60.9 Å². The quantitative estimate of drug-likeness (QED) is 0.255. The first kappa shape index (κ1) is 29.1. The number of hydrogen-bond acceptors (Lipinski definition) is 4. The molecule has 2 saturated carbocycles. The number of thiazole rings is 1. The minimum absolute atomic E-state index is 0.218. The second-order valence-corrected chi connectivity index (χ2v) is 13.3. The highest BCUT2D eigenvalue weighted by molar-refractivity contribution is 7.15. The monoisotopic (exact) mass is 556 g/mol. The Hall–Kier alpha value is -2.43. The number of aromatic nitrogens is 1. The Bertz CT molecular complexity index is 1250. The third-order valence-electron chi connectivity index (χ3n) is 9.47. The molecule has 0 aliphatic heterocycles. The second-order valence-electron chi connectivity index (χ2n) is 12.2. The lowest BCUT2D eigenvalue weighted by molar-refractivity contribution is 0.288. The summed E-state index contributed by atoms with van der Waals surface area (Å²) >= 11 is 1.76. The summed E-state index contributed by atoms with van der Waals surface area (Å²) in [6.07, 6.45) is 16.5. The zero-order valence-corrected chi connectivity index (χ0v) is 25.5. The van der Waals surface area contributed by atoms with Gasteiger partial charge in [-0.05, 0) is 110 Å². The molecule has 0 bridgehead atoms. The van der Waals surface area contributed by atoms with Crippen LogP contribution in [0.2, 0.25) is 0 Å². The highest BCUT2D eigenvalue weighted by atomic mass is 32.1.